The predicted octanol–water partition coefficient (Wildman–Crippen LogP) is 0.345. The smallest absolute Gasteiger partial charge is 1.00 e. The molecule has 0 atom stereocenters. The van der Waals surface area contributed by atoms with Gasteiger partial charge in [-0.05, 0) is 0 Å². The second-order valence-electron chi connectivity index (χ2n) is 8.87. The summed E-state index contributed by atoms with van der Waals surface area (Å²) in [6.07, 6.45) is 12.1. The third kappa shape index (κ3) is 5.15. The Labute approximate surface area is 169 Å². The Balaban J connectivity index is 0.00000264. The Kier molecular flexibility index (Phi) is 8.88. The van der Waals surface area contributed by atoms with E-state index in [1.807, 2.05) is 6.66 Å². The molecule has 134 valence electrons. The Morgan fingerprint density at radius 3 is 1.33 bits per heavy atom. The van der Waals surface area contributed by atoms with E-state index in [0.717, 1.165) is 0 Å². The topological polar surface area (TPSA) is 0 Å². The minimum absolute atomic E-state index is 0. The van der Waals surface area contributed by atoms with Gasteiger partial charge in [-0.25, -0.2) is 0 Å². The van der Waals surface area contributed by atoms with Crippen molar-refractivity contribution in [2.45, 2.75) is 68.2 Å². The predicted molar refractivity (Wildman–Crippen MR) is 96.8 cm³/mol. The zero-order valence-corrected chi connectivity index (χ0v) is 21.6. The van der Waals surface area contributed by atoms with Gasteiger partial charge in [0.15, 0.2) is 0 Å². The Morgan fingerprint density at radius 1 is 0.750 bits per heavy atom. The minimum atomic E-state index is -2.07. The molecule has 2 aliphatic rings. The summed E-state index contributed by atoms with van der Waals surface area (Å²) in [4.78, 5) is 0. The van der Waals surface area contributed by atoms with Gasteiger partial charge in [0.05, 0.1) is 0 Å². The summed E-state index contributed by atoms with van der Waals surface area (Å²) in [6, 6.07) is 0. The van der Waals surface area contributed by atoms with Crippen molar-refractivity contribution >= 4 is 3.26 Å². The van der Waals surface area contributed by atoms with Crippen LogP contribution in [0.1, 0.15) is 68.2 Å². The molecule has 2 aliphatic carbocycles. The zero-order valence-electron chi connectivity index (χ0n) is 16.5. The van der Waals surface area contributed by atoms with Crippen molar-refractivity contribution in [1.29, 1.82) is 0 Å². The van der Waals surface area contributed by atoms with Crippen molar-refractivity contribution in [3.8, 4) is 0 Å². The number of hydrogen-bond donors (Lipinski definition) is 0. The van der Waals surface area contributed by atoms with Crippen molar-refractivity contribution < 1.29 is 45.8 Å². The maximum Gasteiger partial charge on any atom is -1.00 e. The Bertz CT molecular complexity index is 576. The standard InChI is InChI=1S/2C9H13.C3H6.2ClH.Hf/c2*1-9(2,3)8-6-4-5-7-8;1-3-2;;;/h2*4,6H,5H2,1-3H3;1-2H3;2*1H;/q;;;;;+2/p-2. The molecular formula is C21H32Cl2Hf. The van der Waals surface area contributed by atoms with Crippen LogP contribution in [0.15, 0.2) is 42.1 Å². The van der Waals surface area contributed by atoms with Gasteiger partial charge in [0.2, 0.25) is 0 Å². The first kappa shape index (κ1) is 24.3. The van der Waals surface area contributed by atoms with Crippen LogP contribution in [0.3, 0.4) is 0 Å². The first-order valence-electron chi connectivity index (χ1n) is 8.52. The Hall–Kier alpha value is 0.280. The van der Waals surface area contributed by atoms with Crippen LogP contribution >= 0.6 is 0 Å². The molecule has 0 saturated carbocycles. The van der Waals surface area contributed by atoms with Crippen molar-refractivity contribution in [2.24, 2.45) is 10.8 Å². The van der Waals surface area contributed by atoms with E-state index in [2.05, 4.69) is 79.7 Å². The normalized spacial score (nSPS) is 16.8. The van der Waals surface area contributed by atoms with Crippen LogP contribution in [0, 0.1) is 10.8 Å². The summed E-state index contributed by atoms with van der Waals surface area (Å²) < 4.78 is 5.43. The molecule has 0 heterocycles. The molecule has 0 fully saturated rings. The maximum absolute atomic E-state index is 2.42. The van der Waals surface area contributed by atoms with Gasteiger partial charge >= 0.3 is 145 Å². The van der Waals surface area contributed by atoms with Gasteiger partial charge in [-0.15, -0.1) is 0 Å². The van der Waals surface area contributed by atoms with Crippen LogP contribution in [-0.2, 0) is 21.0 Å². The van der Waals surface area contributed by atoms with Crippen molar-refractivity contribution in [1.82, 2.24) is 0 Å². The molecule has 0 radical (unpaired) electrons. The van der Waals surface area contributed by atoms with Crippen LogP contribution in [0.25, 0.3) is 0 Å². The summed E-state index contributed by atoms with van der Waals surface area (Å²) in [6.45, 7) is 19.0. The van der Waals surface area contributed by atoms with Gasteiger partial charge in [0.25, 0.3) is 0 Å². The molecular weight excluding hydrogens is 502 g/mol. The van der Waals surface area contributed by atoms with E-state index in [1.165, 1.54) is 12.8 Å². The molecule has 0 bridgehead atoms. The van der Waals surface area contributed by atoms with Crippen LogP contribution in [0.4, 0.5) is 0 Å². The second kappa shape index (κ2) is 8.78. The molecule has 0 amide bonds. The first-order valence-corrected chi connectivity index (χ1v) is 13.9. The van der Waals surface area contributed by atoms with E-state index in [4.69, 9.17) is 0 Å². The average Bonchev–Trinajstić information content (AvgIpc) is 2.95. The van der Waals surface area contributed by atoms with Gasteiger partial charge in [-0.3, -0.25) is 0 Å². The van der Waals surface area contributed by atoms with Crippen LogP contribution in [-0.4, -0.2) is 3.26 Å². The Morgan fingerprint density at radius 2 is 1.08 bits per heavy atom. The molecule has 24 heavy (non-hydrogen) atoms. The SMILES string of the molecule is C[C](C)=[Hf+2]([C]1=C(C(C)(C)C)C=CC1)[C]1=C(C(C)(C)C)C=CC1.[Cl-].[Cl-]. The monoisotopic (exact) mass is 534 g/mol. The third-order valence-corrected chi connectivity index (χ3v) is 15.9. The molecule has 0 aliphatic heterocycles. The van der Waals surface area contributed by atoms with E-state index < -0.39 is 21.0 Å². The molecule has 0 N–H and O–H groups in total. The van der Waals surface area contributed by atoms with Gasteiger partial charge in [0, 0.05) is 0 Å². The van der Waals surface area contributed by atoms with Gasteiger partial charge in [-0.1, -0.05) is 0 Å². The van der Waals surface area contributed by atoms with Gasteiger partial charge in [0.1, 0.15) is 0 Å². The number of allylic oxidation sites excluding steroid dienone is 8. The molecule has 0 aromatic carbocycles. The second-order valence-corrected chi connectivity index (χ2v) is 19.5. The summed E-state index contributed by atoms with van der Waals surface area (Å²) in [5, 5.41) is 0. The number of rotatable bonds is 2. The van der Waals surface area contributed by atoms with E-state index in [0.29, 0.717) is 0 Å². The number of halogens is 2. The molecule has 0 aromatic rings. The largest absolute Gasteiger partial charge is 1.00 e. The molecule has 0 spiro atoms. The van der Waals surface area contributed by atoms with Gasteiger partial charge in [-0.2, -0.15) is 0 Å². The molecule has 3 heteroatoms. The fraction of sp³-hybridized carbons (Fsp3) is 0.571. The summed E-state index contributed by atoms with van der Waals surface area (Å²) >= 11 is -2.07. The summed E-state index contributed by atoms with van der Waals surface area (Å²) in [7, 11) is 0. The van der Waals surface area contributed by atoms with E-state index >= 15 is 0 Å². The first-order chi connectivity index (χ1) is 10.0. The summed E-state index contributed by atoms with van der Waals surface area (Å²) in [5.74, 6) is 0. The fourth-order valence-corrected chi connectivity index (χ4v) is 16.9. The molecule has 0 unspecified atom stereocenters. The fourth-order valence-electron chi connectivity index (χ4n) is 3.67. The van der Waals surface area contributed by atoms with Crippen molar-refractivity contribution in [2.75, 3.05) is 0 Å². The van der Waals surface area contributed by atoms with Gasteiger partial charge < -0.3 is 24.8 Å². The molecule has 0 nitrogen and oxygen atoms in total. The summed E-state index contributed by atoms with van der Waals surface area (Å²) in [5.41, 5.74) is 3.84. The van der Waals surface area contributed by atoms with Crippen molar-refractivity contribution in [3.05, 3.63) is 42.1 Å². The maximum atomic E-state index is 2.42. The minimum Gasteiger partial charge on any atom is -1.00 e. The van der Waals surface area contributed by atoms with Crippen LogP contribution in [0.2, 0.25) is 0 Å². The molecule has 2 rings (SSSR count). The van der Waals surface area contributed by atoms with E-state index in [9.17, 15) is 0 Å². The third-order valence-electron chi connectivity index (χ3n) is 4.58. The van der Waals surface area contributed by atoms with Crippen LogP contribution in [0.5, 0.6) is 0 Å². The average molecular weight is 534 g/mol. The quantitative estimate of drug-likeness (QED) is 0.450. The van der Waals surface area contributed by atoms with E-state index in [1.54, 1.807) is 14.4 Å². The van der Waals surface area contributed by atoms with E-state index in [-0.39, 0.29) is 35.6 Å². The van der Waals surface area contributed by atoms with Crippen LogP contribution < -0.4 is 24.8 Å². The molecule has 0 aromatic heterocycles. The zero-order chi connectivity index (χ0) is 16.7. The van der Waals surface area contributed by atoms with Crippen molar-refractivity contribution in [3.63, 3.8) is 0 Å². The number of hydrogen-bond acceptors (Lipinski definition) is 0. The molecule has 0 saturated heterocycles.